The van der Waals surface area contributed by atoms with Gasteiger partial charge in [0.15, 0.2) is 0 Å². The quantitative estimate of drug-likeness (QED) is 0.661. The number of piperidine rings is 1. The molecule has 2 fully saturated rings. The summed E-state index contributed by atoms with van der Waals surface area (Å²) in [6.07, 6.45) is 4.65. The summed E-state index contributed by atoms with van der Waals surface area (Å²) in [7, 11) is 0. The summed E-state index contributed by atoms with van der Waals surface area (Å²) in [5.74, 6) is 1.46. The largest absolute Gasteiger partial charge is 0.491 e. The fourth-order valence-electron chi connectivity index (χ4n) is 6.12. The highest BCUT2D eigenvalue weighted by Gasteiger charge is 2.49. The van der Waals surface area contributed by atoms with E-state index in [0.717, 1.165) is 49.3 Å². The zero-order valence-electron chi connectivity index (χ0n) is 19.7. The Balaban J connectivity index is 1.04. The number of nitrogens with one attached hydrogen (secondary N) is 1. The maximum Gasteiger partial charge on any atom is 0.235 e. The van der Waals surface area contributed by atoms with Crippen molar-refractivity contribution >= 4 is 34.9 Å². The van der Waals surface area contributed by atoms with Crippen LogP contribution in [-0.2, 0) is 21.4 Å². The van der Waals surface area contributed by atoms with Crippen molar-refractivity contribution in [2.24, 2.45) is 0 Å². The number of ether oxygens (including phenoxy) is 1. The van der Waals surface area contributed by atoms with E-state index in [1.807, 2.05) is 24.3 Å². The van der Waals surface area contributed by atoms with Crippen molar-refractivity contribution < 1.29 is 19.4 Å². The fraction of sp³-hybridized carbons (Fsp3) is 0.500. The van der Waals surface area contributed by atoms with Gasteiger partial charge in [-0.25, -0.2) is 4.98 Å². The number of carbonyl (C=O) groups is 2. The van der Waals surface area contributed by atoms with E-state index in [1.54, 1.807) is 18.0 Å². The van der Waals surface area contributed by atoms with Gasteiger partial charge >= 0.3 is 0 Å². The number of pyridine rings is 1. The summed E-state index contributed by atoms with van der Waals surface area (Å²) >= 11 is 6.21. The van der Waals surface area contributed by atoms with E-state index >= 15 is 0 Å². The molecular weight excluding hydrogens is 468 g/mol. The number of carbonyl (C=O) groups excluding carboxylic acids is 2. The summed E-state index contributed by atoms with van der Waals surface area (Å²) in [5.41, 5.74) is 1.59. The number of fused-ring (bicyclic) bond motifs is 3. The number of nitrogens with zero attached hydrogens (tertiary/aromatic N) is 3. The van der Waals surface area contributed by atoms with Gasteiger partial charge in [-0.3, -0.25) is 19.4 Å². The molecule has 2 N–H and O–H groups in total. The first kappa shape index (κ1) is 22.8. The van der Waals surface area contributed by atoms with Gasteiger partial charge in [0.2, 0.25) is 11.8 Å². The molecular formula is C26H29ClN4O4. The van der Waals surface area contributed by atoms with E-state index in [4.69, 9.17) is 16.3 Å². The maximum absolute atomic E-state index is 12.8. The summed E-state index contributed by atoms with van der Waals surface area (Å²) in [4.78, 5) is 33.9. The van der Waals surface area contributed by atoms with Crippen molar-refractivity contribution in [2.45, 2.75) is 56.1 Å². The third kappa shape index (κ3) is 3.88. The highest BCUT2D eigenvalue weighted by molar-refractivity contribution is 6.31. The number of amides is 2. The minimum absolute atomic E-state index is 0.0188. The number of aromatic nitrogens is 1. The van der Waals surface area contributed by atoms with Gasteiger partial charge in [0.05, 0.1) is 23.6 Å². The first-order chi connectivity index (χ1) is 16.7. The molecule has 1 aromatic heterocycles. The molecule has 2 aromatic rings. The second-order valence-corrected chi connectivity index (χ2v) is 11.0. The maximum atomic E-state index is 12.8. The van der Waals surface area contributed by atoms with Gasteiger partial charge in [-0.05, 0) is 75.5 Å². The van der Waals surface area contributed by atoms with Crippen LogP contribution in [0.25, 0.3) is 0 Å². The summed E-state index contributed by atoms with van der Waals surface area (Å²) < 4.78 is 5.98. The molecule has 1 saturated carbocycles. The number of anilines is 2. The van der Waals surface area contributed by atoms with E-state index in [0.29, 0.717) is 42.5 Å². The monoisotopic (exact) mass is 496 g/mol. The number of likely N-dealkylation sites (tertiary alicyclic amines) is 1. The molecule has 9 heteroatoms. The van der Waals surface area contributed by atoms with Crippen LogP contribution in [-0.4, -0.2) is 64.7 Å². The molecule has 4 heterocycles. The lowest BCUT2D eigenvalue weighted by Gasteiger charge is -2.45. The van der Waals surface area contributed by atoms with Gasteiger partial charge in [-0.2, -0.15) is 0 Å². The van der Waals surface area contributed by atoms with Crippen LogP contribution in [0, 0.1) is 0 Å². The SMILES string of the molecule is CC1(O)CC(N2C(=O)Cc3cc(OCCN4CCC5(CC4)C(=O)Nc4ccc(Cl)cc45)cnc32)C1. The molecule has 1 saturated heterocycles. The molecule has 2 amide bonds. The normalized spacial score (nSPS) is 26.9. The Morgan fingerprint density at radius 1 is 1.23 bits per heavy atom. The van der Waals surface area contributed by atoms with Crippen molar-refractivity contribution in [3.05, 3.63) is 46.6 Å². The lowest BCUT2D eigenvalue weighted by Crippen LogP contribution is -2.55. The van der Waals surface area contributed by atoms with Crippen LogP contribution in [0.2, 0.25) is 5.02 Å². The number of halogens is 1. The molecule has 0 unspecified atom stereocenters. The Bertz CT molecular complexity index is 1200. The third-order valence-electron chi connectivity index (χ3n) is 8.04. The van der Waals surface area contributed by atoms with Crippen LogP contribution in [0.5, 0.6) is 5.75 Å². The van der Waals surface area contributed by atoms with Gasteiger partial charge in [-0.1, -0.05) is 11.6 Å². The smallest absolute Gasteiger partial charge is 0.235 e. The van der Waals surface area contributed by atoms with Gasteiger partial charge in [0, 0.05) is 28.9 Å². The number of hydrogen-bond donors (Lipinski definition) is 2. The molecule has 0 bridgehead atoms. The zero-order chi connectivity index (χ0) is 24.4. The standard InChI is InChI=1S/C26H29ClN4O4/c1-25(34)13-18(14-25)31-22(32)11-16-10-19(15-28-23(16)31)35-9-8-30-6-4-26(5-7-30)20-12-17(27)2-3-21(20)29-24(26)33/h2-3,10,12,15,18,34H,4-9,11,13-14H2,1H3,(H,29,33). The Labute approximate surface area is 209 Å². The van der Waals surface area contributed by atoms with Gasteiger partial charge in [0.25, 0.3) is 0 Å². The van der Waals surface area contributed by atoms with E-state index in [-0.39, 0.29) is 17.9 Å². The van der Waals surface area contributed by atoms with E-state index in [9.17, 15) is 14.7 Å². The summed E-state index contributed by atoms with van der Waals surface area (Å²) in [6.45, 7) is 4.67. The molecule has 184 valence electrons. The molecule has 0 atom stereocenters. The number of benzene rings is 1. The van der Waals surface area contributed by atoms with Crippen LogP contribution >= 0.6 is 11.6 Å². The van der Waals surface area contributed by atoms with Crippen molar-refractivity contribution in [3.63, 3.8) is 0 Å². The Hall–Kier alpha value is -2.68. The average molecular weight is 497 g/mol. The Kier molecular flexibility index (Phi) is 5.32. The van der Waals surface area contributed by atoms with E-state index < -0.39 is 11.0 Å². The molecule has 1 aromatic carbocycles. The molecule has 8 nitrogen and oxygen atoms in total. The highest BCUT2D eigenvalue weighted by atomic mass is 35.5. The predicted molar refractivity (Wildman–Crippen MR) is 132 cm³/mol. The van der Waals surface area contributed by atoms with Crippen LogP contribution in [0.3, 0.4) is 0 Å². The lowest BCUT2D eigenvalue weighted by molar-refractivity contribution is -0.122. The molecule has 6 rings (SSSR count). The van der Waals surface area contributed by atoms with Crippen LogP contribution < -0.4 is 15.0 Å². The minimum atomic E-state index is -0.692. The molecule has 1 aliphatic carbocycles. The van der Waals surface area contributed by atoms with Gasteiger partial charge in [0.1, 0.15) is 18.2 Å². The Morgan fingerprint density at radius 2 is 2.00 bits per heavy atom. The van der Waals surface area contributed by atoms with Crippen molar-refractivity contribution in [1.29, 1.82) is 0 Å². The van der Waals surface area contributed by atoms with Crippen LogP contribution in [0.1, 0.15) is 43.7 Å². The van der Waals surface area contributed by atoms with E-state index in [1.165, 1.54) is 0 Å². The van der Waals surface area contributed by atoms with E-state index in [2.05, 4.69) is 15.2 Å². The molecule has 1 spiro atoms. The minimum Gasteiger partial charge on any atom is -0.491 e. The summed E-state index contributed by atoms with van der Waals surface area (Å²) in [6, 6.07) is 7.55. The van der Waals surface area contributed by atoms with Gasteiger partial charge in [-0.15, -0.1) is 0 Å². The number of rotatable bonds is 5. The lowest BCUT2D eigenvalue weighted by atomic mass is 9.73. The first-order valence-corrected chi connectivity index (χ1v) is 12.6. The molecule has 4 aliphatic rings. The average Bonchev–Trinajstić information content (AvgIpc) is 3.26. The second kappa shape index (κ2) is 8.18. The van der Waals surface area contributed by atoms with Crippen molar-refractivity contribution in [2.75, 3.05) is 36.5 Å². The summed E-state index contributed by atoms with van der Waals surface area (Å²) in [5, 5.41) is 13.7. The number of aliphatic hydroxyl groups is 1. The van der Waals surface area contributed by atoms with Crippen molar-refractivity contribution in [1.82, 2.24) is 9.88 Å². The fourth-order valence-corrected chi connectivity index (χ4v) is 6.29. The van der Waals surface area contributed by atoms with Gasteiger partial charge < -0.3 is 15.2 Å². The molecule has 35 heavy (non-hydrogen) atoms. The first-order valence-electron chi connectivity index (χ1n) is 12.2. The van der Waals surface area contributed by atoms with Crippen LogP contribution in [0.4, 0.5) is 11.5 Å². The zero-order valence-corrected chi connectivity index (χ0v) is 20.5. The third-order valence-corrected chi connectivity index (χ3v) is 8.27. The predicted octanol–water partition coefficient (Wildman–Crippen LogP) is 2.90. The molecule has 0 radical (unpaired) electrons. The number of hydrogen-bond acceptors (Lipinski definition) is 6. The van der Waals surface area contributed by atoms with Crippen LogP contribution in [0.15, 0.2) is 30.5 Å². The second-order valence-electron chi connectivity index (χ2n) is 10.6. The topological polar surface area (TPSA) is 95.0 Å². The Morgan fingerprint density at radius 3 is 2.74 bits per heavy atom. The highest BCUT2D eigenvalue weighted by Crippen LogP contribution is 2.46. The molecule has 3 aliphatic heterocycles. The van der Waals surface area contributed by atoms with Crippen molar-refractivity contribution in [3.8, 4) is 5.75 Å².